The van der Waals surface area contributed by atoms with Crippen LogP contribution in [0, 0.1) is 6.92 Å². The zero-order chi connectivity index (χ0) is 14.0. The van der Waals surface area contributed by atoms with Crippen molar-refractivity contribution in [2.24, 2.45) is 0 Å². The fourth-order valence-electron chi connectivity index (χ4n) is 1.43. The zero-order valence-corrected chi connectivity index (χ0v) is 11.5. The summed E-state index contributed by atoms with van der Waals surface area (Å²) >= 11 is 0. The van der Waals surface area contributed by atoms with Crippen LogP contribution in [0.1, 0.15) is 42.9 Å². The van der Waals surface area contributed by atoms with Gasteiger partial charge in [0, 0.05) is 11.1 Å². The van der Waals surface area contributed by atoms with Crippen molar-refractivity contribution in [2.75, 3.05) is 5.32 Å². The number of hydrogen-bond donors (Lipinski definition) is 2. The molecule has 0 aromatic carbocycles. The molecule has 0 fully saturated rings. The van der Waals surface area contributed by atoms with Crippen LogP contribution in [0.4, 0.5) is 5.69 Å². The quantitative estimate of drug-likeness (QED) is 0.864. The van der Waals surface area contributed by atoms with E-state index in [0.29, 0.717) is 11.5 Å². The third-order valence-electron chi connectivity index (χ3n) is 2.57. The van der Waals surface area contributed by atoms with Gasteiger partial charge in [-0.1, -0.05) is 20.8 Å². The highest BCUT2D eigenvalue weighted by molar-refractivity contribution is 6.01. The highest BCUT2D eigenvalue weighted by Gasteiger charge is 2.21. The maximum Gasteiger partial charge on any atom is 0.295 e. The topological polar surface area (TPSA) is 83.6 Å². The molecule has 0 atom stereocenters. The summed E-state index contributed by atoms with van der Waals surface area (Å²) in [5.74, 6) is 0.461. The van der Waals surface area contributed by atoms with Gasteiger partial charge in [0.1, 0.15) is 5.82 Å². The molecule has 2 heterocycles. The average Bonchev–Trinajstić information content (AvgIpc) is 2.81. The summed E-state index contributed by atoms with van der Waals surface area (Å²) < 4.78 is 0. The predicted molar refractivity (Wildman–Crippen MR) is 72.0 cm³/mol. The Balaban J connectivity index is 2.12. The molecule has 0 bridgehead atoms. The van der Waals surface area contributed by atoms with Crippen LogP contribution in [0.25, 0.3) is 0 Å². The monoisotopic (exact) mass is 259 g/mol. The molecule has 0 unspecified atom stereocenters. The maximum absolute atomic E-state index is 12.0. The number of nitrogens with zero attached hydrogens (tertiary/aromatic N) is 3. The first-order valence-electron chi connectivity index (χ1n) is 6.03. The first kappa shape index (κ1) is 13.2. The first-order valence-corrected chi connectivity index (χ1v) is 6.03. The van der Waals surface area contributed by atoms with E-state index in [9.17, 15) is 4.79 Å². The molecular formula is C13H17N5O. The first-order chi connectivity index (χ1) is 8.86. The Bertz CT molecular complexity index is 580. The number of anilines is 1. The summed E-state index contributed by atoms with van der Waals surface area (Å²) in [6.45, 7) is 7.88. The van der Waals surface area contributed by atoms with Gasteiger partial charge in [-0.05, 0) is 19.1 Å². The summed E-state index contributed by atoms with van der Waals surface area (Å²) in [4.78, 5) is 20.3. The lowest BCUT2D eigenvalue weighted by Gasteiger charge is -2.12. The minimum atomic E-state index is -0.350. The molecule has 2 aromatic heterocycles. The van der Waals surface area contributed by atoms with Crippen LogP contribution in [0.5, 0.6) is 0 Å². The van der Waals surface area contributed by atoms with Crippen LogP contribution in [0.2, 0.25) is 0 Å². The number of amides is 1. The van der Waals surface area contributed by atoms with Gasteiger partial charge < -0.3 is 5.32 Å². The van der Waals surface area contributed by atoms with E-state index in [1.165, 1.54) is 0 Å². The fourth-order valence-corrected chi connectivity index (χ4v) is 1.43. The van der Waals surface area contributed by atoms with Gasteiger partial charge in [0.05, 0.1) is 11.9 Å². The number of hydrogen-bond acceptors (Lipinski definition) is 4. The third kappa shape index (κ3) is 3.15. The molecule has 0 saturated heterocycles. The van der Waals surface area contributed by atoms with E-state index in [2.05, 4.69) is 25.5 Å². The lowest BCUT2D eigenvalue weighted by Crippen LogP contribution is -2.16. The largest absolute Gasteiger partial charge is 0.318 e. The highest BCUT2D eigenvalue weighted by Crippen LogP contribution is 2.17. The van der Waals surface area contributed by atoms with Crippen molar-refractivity contribution in [3.63, 3.8) is 0 Å². The van der Waals surface area contributed by atoms with Crippen LogP contribution >= 0.6 is 0 Å². The summed E-state index contributed by atoms with van der Waals surface area (Å²) in [7, 11) is 0. The minimum Gasteiger partial charge on any atom is -0.318 e. The smallest absolute Gasteiger partial charge is 0.295 e. The highest BCUT2D eigenvalue weighted by atomic mass is 16.2. The van der Waals surface area contributed by atoms with Crippen molar-refractivity contribution in [1.82, 2.24) is 20.2 Å². The molecule has 0 aliphatic heterocycles. The Morgan fingerprint density at radius 2 is 2.05 bits per heavy atom. The number of rotatable bonds is 2. The van der Waals surface area contributed by atoms with Crippen LogP contribution in [0.15, 0.2) is 18.3 Å². The van der Waals surface area contributed by atoms with Crippen molar-refractivity contribution in [1.29, 1.82) is 0 Å². The van der Waals surface area contributed by atoms with Crippen LogP contribution < -0.4 is 5.32 Å². The third-order valence-corrected chi connectivity index (χ3v) is 2.57. The van der Waals surface area contributed by atoms with Gasteiger partial charge in [0.15, 0.2) is 0 Å². The average molecular weight is 259 g/mol. The number of carbonyl (C=O) groups is 1. The van der Waals surface area contributed by atoms with Crippen molar-refractivity contribution >= 4 is 11.6 Å². The van der Waals surface area contributed by atoms with Gasteiger partial charge in [-0.15, -0.1) is 5.10 Å². The van der Waals surface area contributed by atoms with Gasteiger partial charge in [0.2, 0.25) is 5.82 Å². The van der Waals surface area contributed by atoms with E-state index < -0.39 is 0 Å². The predicted octanol–water partition coefficient (Wildman–Crippen LogP) is 2.06. The number of nitrogens with one attached hydrogen (secondary N) is 2. The summed E-state index contributed by atoms with van der Waals surface area (Å²) in [6.07, 6.45) is 1.60. The van der Waals surface area contributed by atoms with E-state index in [0.717, 1.165) is 5.69 Å². The molecule has 2 aromatic rings. The lowest BCUT2D eigenvalue weighted by molar-refractivity contribution is 0.101. The fraction of sp³-hybridized carbons (Fsp3) is 0.385. The maximum atomic E-state index is 12.0. The summed E-state index contributed by atoms with van der Waals surface area (Å²) in [5, 5.41) is 9.42. The Kier molecular flexibility index (Phi) is 3.33. The molecule has 2 rings (SSSR count). The van der Waals surface area contributed by atoms with E-state index in [4.69, 9.17) is 0 Å². The van der Waals surface area contributed by atoms with Gasteiger partial charge >= 0.3 is 0 Å². The summed E-state index contributed by atoms with van der Waals surface area (Å²) in [6, 6.07) is 3.62. The van der Waals surface area contributed by atoms with E-state index >= 15 is 0 Å². The van der Waals surface area contributed by atoms with Gasteiger partial charge in [-0.3, -0.25) is 14.9 Å². The van der Waals surface area contributed by atoms with Gasteiger partial charge in [0.25, 0.3) is 5.91 Å². The van der Waals surface area contributed by atoms with Gasteiger partial charge in [-0.2, -0.15) is 0 Å². The molecule has 100 valence electrons. The summed E-state index contributed by atoms with van der Waals surface area (Å²) in [5.41, 5.74) is 1.35. The molecule has 6 heteroatoms. The van der Waals surface area contributed by atoms with E-state index in [1.807, 2.05) is 33.8 Å². The zero-order valence-electron chi connectivity index (χ0n) is 11.5. The van der Waals surface area contributed by atoms with Crippen molar-refractivity contribution < 1.29 is 4.79 Å². The SMILES string of the molecule is Cc1ccc(NC(=O)c2n[nH]c(C(C)(C)C)n2)cn1. The number of pyridine rings is 1. The molecular weight excluding hydrogens is 242 g/mol. The Hall–Kier alpha value is -2.24. The molecule has 0 spiro atoms. The minimum absolute atomic E-state index is 0.130. The number of H-pyrrole nitrogens is 1. The van der Waals surface area contributed by atoms with Crippen LogP contribution in [-0.2, 0) is 5.41 Å². The van der Waals surface area contributed by atoms with E-state index in [-0.39, 0.29) is 17.1 Å². The lowest BCUT2D eigenvalue weighted by atomic mass is 9.96. The molecule has 0 saturated carbocycles. The normalized spacial score (nSPS) is 11.4. The van der Waals surface area contributed by atoms with E-state index in [1.54, 1.807) is 12.3 Å². The number of carbonyl (C=O) groups excluding carboxylic acids is 1. The van der Waals surface area contributed by atoms with Crippen molar-refractivity contribution in [3.8, 4) is 0 Å². The van der Waals surface area contributed by atoms with Crippen molar-refractivity contribution in [3.05, 3.63) is 35.7 Å². The Labute approximate surface area is 111 Å². The molecule has 19 heavy (non-hydrogen) atoms. The molecule has 2 N–H and O–H groups in total. The van der Waals surface area contributed by atoms with Crippen molar-refractivity contribution in [2.45, 2.75) is 33.1 Å². The second kappa shape index (κ2) is 4.79. The number of aromatic amines is 1. The molecule has 0 aliphatic carbocycles. The second-order valence-electron chi connectivity index (χ2n) is 5.40. The number of aryl methyl sites for hydroxylation is 1. The molecule has 6 nitrogen and oxygen atoms in total. The standard InChI is InChI=1S/C13H17N5O/c1-8-5-6-9(7-14-8)15-11(19)10-16-12(18-17-10)13(2,3)4/h5-7H,1-4H3,(H,15,19)(H,16,17,18). The molecule has 0 aliphatic rings. The molecule has 1 amide bonds. The molecule has 0 radical (unpaired) electrons. The Morgan fingerprint density at radius 1 is 1.32 bits per heavy atom. The Morgan fingerprint density at radius 3 is 2.58 bits per heavy atom. The van der Waals surface area contributed by atoms with Crippen LogP contribution in [0.3, 0.4) is 0 Å². The van der Waals surface area contributed by atoms with Crippen LogP contribution in [-0.4, -0.2) is 26.1 Å². The number of aromatic nitrogens is 4. The van der Waals surface area contributed by atoms with Gasteiger partial charge in [-0.25, -0.2) is 4.98 Å². The second-order valence-corrected chi connectivity index (χ2v) is 5.40.